The highest BCUT2D eigenvalue weighted by Crippen LogP contribution is 2.25. The van der Waals surface area contributed by atoms with Crippen LogP contribution < -0.4 is 10.6 Å². The molecule has 0 amide bonds. The van der Waals surface area contributed by atoms with E-state index >= 15 is 0 Å². The van der Waals surface area contributed by atoms with Gasteiger partial charge in [-0.05, 0) is 29.8 Å². The highest BCUT2D eigenvalue weighted by Gasteiger charge is 2.13. The second-order valence-corrected chi connectivity index (χ2v) is 5.90. The van der Waals surface area contributed by atoms with Crippen molar-refractivity contribution in [2.45, 2.75) is 6.54 Å². The molecule has 1 N–H and O–H groups in total. The summed E-state index contributed by atoms with van der Waals surface area (Å²) < 4.78 is 0. The van der Waals surface area contributed by atoms with Crippen LogP contribution in [-0.2, 0) is 6.54 Å². The Balaban J connectivity index is 1.83. The highest BCUT2D eigenvalue weighted by molar-refractivity contribution is 6.34. The lowest BCUT2D eigenvalue weighted by molar-refractivity contribution is 0.612. The Morgan fingerprint density at radius 1 is 1.08 bits per heavy atom. The third-order valence-corrected chi connectivity index (χ3v) is 4.22. The van der Waals surface area contributed by atoms with Crippen LogP contribution in [0.3, 0.4) is 0 Å². The number of anilines is 1. The van der Waals surface area contributed by atoms with Gasteiger partial charge in [0, 0.05) is 11.6 Å². The molecule has 0 bridgehead atoms. The zero-order chi connectivity index (χ0) is 17.2. The molecule has 0 atom stereocenters. The lowest BCUT2D eigenvalue weighted by Gasteiger charge is -2.25. The van der Waals surface area contributed by atoms with Gasteiger partial charge in [0.2, 0.25) is 0 Å². The van der Waals surface area contributed by atoms with Gasteiger partial charge in [0.15, 0.2) is 5.15 Å². The molecule has 25 heavy (non-hydrogen) atoms. The van der Waals surface area contributed by atoms with Crippen LogP contribution in [0.15, 0.2) is 71.8 Å². The molecule has 0 aliphatic heterocycles. The van der Waals surface area contributed by atoms with Gasteiger partial charge in [0.25, 0.3) is 5.56 Å². The molecule has 0 aliphatic carbocycles. The van der Waals surface area contributed by atoms with Crippen molar-refractivity contribution in [1.82, 2.24) is 20.1 Å². The molecular formula is C18H14ClN5O. The van der Waals surface area contributed by atoms with E-state index in [9.17, 15) is 4.79 Å². The molecule has 0 radical (unpaired) electrons. The number of hydrogen-bond donors (Lipinski definition) is 1. The first kappa shape index (κ1) is 15.4. The molecule has 2 heterocycles. The van der Waals surface area contributed by atoms with Crippen LogP contribution in [0, 0.1) is 0 Å². The number of fused-ring (bicyclic) bond motifs is 1. The van der Waals surface area contributed by atoms with E-state index in [1.807, 2.05) is 47.6 Å². The Kier molecular flexibility index (Phi) is 3.95. The maximum absolute atomic E-state index is 11.9. The fraction of sp³-hybridized carbons (Fsp3) is 0.0556. The third kappa shape index (κ3) is 2.99. The van der Waals surface area contributed by atoms with Gasteiger partial charge in [-0.15, -0.1) is 0 Å². The van der Waals surface area contributed by atoms with Crippen molar-refractivity contribution >= 4 is 28.1 Å². The quantitative estimate of drug-likeness (QED) is 0.613. The van der Waals surface area contributed by atoms with E-state index in [-0.39, 0.29) is 10.7 Å². The van der Waals surface area contributed by atoms with Crippen LogP contribution in [0.1, 0.15) is 5.56 Å². The van der Waals surface area contributed by atoms with Crippen LogP contribution in [0.4, 0.5) is 5.69 Å². The van der Waals surface area contributed by atoms with Crippen molar-refractivity contribution in [1.29, 1.82) is 0 Å². The van der Waals surface area contributed by atoms with E-state index in [4.69, 9.17) is 11.6 Å². The van der Waals surface area contributed by atoms with E-state index in [2.05, 4.69) is 27.4 Å². The summed E-state index contributed by atoms with van der Waals surface area (Å²) in [5, 5.41) is 13.9. The standard InChI is InChI=1S/C18H14ClN5O/c19-17-16-11-14(7-8-15(16)18(25)22-21-17)23(24-10-4-9-20-24)12-13-5-2-1-3-6-13/h1-11H,12H2,(H,22,25). The third-order valence-electron chi connectivity index (χ3n) is 3.94. The molecular weight excluding hydrogens is 338 g/mol. The first-order chi connectivity index (χ1) is 12.2. The highest BCUT2D eigenvalue weighted by atomic mass is 35.5. The summed E-state index contributed by atoms with van der Waals surface area (Å²) in [5.41, 5.74) is 1.72. The van der Waals surface area contributed by atoms with E-state index in [0.29, 0.717) is 17.3 Å². The summed E-state index contributed by atoms with van der Waals surface area (Å²) in [5.74, 6) is 0. The van der Waals surface area contributed by atoms with Gasteiger partial charge in [-0.3, -0.25) is 9.80 Å². The predicted octanol–water partition coefficient (Wildman–Crippen LogP) is 3.24. The Bertz CT molecular complexity index is 1060. The molecule has 0 saturated heterocycles. The van der Waals surface area contributed by atoms with E-state index < -0.39 is 0 Å². The van der Waals surface area contributed by atoms with Crippen molar-refractivity contribution < 1.29 is 0 Å². The minimum Gasteiger partial charge on any atom is -0.267 e. The smallest absolute Gasteiger partial charge is 0.267 e. The molecule has 6 nitrogen and oxygen atoms in total. The lowest BCUT2D eigenvalue weighted by atomic mass is 10.1. The second kappa shape index (κ2) is 6.41. The molecule has 7 heteroatoms. The monoisotopic (exact) mass is 351 g/mol. The van der Waals surface area contributed by atoms with Gasteiger partial charge in [-0.25, -0.2) is 5.10 Å². The topological polar surface area (TPSA) is 66.8 Å². The number of nitrogens with one attached hydrogen (secondary N) is 1. The number of aromatic amines is 1. The lowest BCUT2D eigenvalue weighted by Crippen LogP contribution is -2.29. The van der Waals surface area contributed by atoms with Crippen molar-refractivity contribution in [2.75, 3.05) is 5.01 Å². The van der Waals surface area contributed by atoms with Crippen LogP contribution in [0.2, 0.25) is 5.15 Å². The van der Waals surface area contributed by atoms with Crippen LogP contribution in [-0.4, -0.2) is 20.1 Å². The number of rotatable bonds is 4. The van der Waals surface area contributed by atoms with Crippen molar-refractivity contribution in [3.63, 3.8) is 0 Å². The number of aromatic nitrogens is 4. The molecule has 124 valence electrons. The van der Waals surface area contributed by atoms with Gasteiger partial charge >= 0.3 is 0 Å². The second-order valence-electron chi connectivity index (χ2n) is 5.54. The van der Waals surface area contributed by atoms with E-state index in [0.717, 1.165) is 11.3 Å². The zero-order valence-electron chi connectivity index (χ0n) is 13.1. The number of hydrogen-bond acceptors (Lipinski definition) is 4. The summed E-state index contributed by atoms with van der Waals surface area (Å²) in [4.78, 5) is 13.7. The van der Waals surface area contributed by atoms with E-state index in [1.165, 1.54) is 0 Å². The molecule has 0 saturated carbocycles. The average Bonchev–Trinajstić information content (AvgIpc) is 3.18. The first-order valence-electron chi connectivity index (χ1n) is 7.72. The summed E-state index contributed by atoms with van der Waals surface area (Å²) in [6, 6.07) is 17.4. The van der Waals surface area contributed by atoms with E-state index in [1.54, 1.807) is 17.1 Å². The van der Waals surface area contributed by atoms with Gasteiger partial charge in [-0.2, -0.15) is 15.0 Å². The molecule has 0 fully saturated rings. The normalized spacial score (nSPS) is 10.9. The average molecular weight is 352 g/mol. The summed E-state index contributed by atoms with van der Waals surface area (Å²) in [6.07, 6.45) is 3.59. The van der Waals surface area contributed by atoms with Crippen LogP contribution in [0.5, 0.6) is 0 Å². The molecule has 0 unspecified atom stereocenters. The Morgan fingerprint density at radius 2 is 1.92 bits per heavy atom. The Morgan fingerprint density at radius 3 is 2.68 bits per heavy atom. The SMILES string of the molecule is O=c1[nH]nc(Cl)c2cc(N(Cc3ccccc3)n3cccn3)ccc12. The molecule has 0 spiro atoms. The van der Waals surface area contributed by atoms with Crippen molar-refractivity contribution in [2.24, 2.45) is 0 Å². The summed E-state index contributed by atoms with van der Waals surface area (Å²) in [6.45, 7) is 0.613. The molecule has 4 aromatic rings. The Hall–Kier alpha value is -3.12. The predicted molar refractivity (Wildman–Crippen MR) is 97.6 cm³/mol. The number of H-pyrrole nitrogens is 1. The number of halogens is 1. The largest absolute Gasteiger partial charge is 0.272 e. The molecule has 2 aromatic heterocycles. The number of benzene rings is 2. The molecule has 0 aliphatic rings. The maximum atomic E-state index is 11.9. The van der Waals surface area contributed by atoms with Crippen molar-refractivity contribution in [3.05, 3.63) is 88.1 Å². The minimum absolute atomic E-state index is 0.261. The maximum Gasteiger partial charge on any atom is 0.272 e. The summed E-state index contributed by atoms with van der Waals surface area (Å²) >= 11 is 6.17. The van der Waals surface area contributed by atoms with Gasteiger partial charge in [-0.1, -0.05) is 41.9 Å². The van der Waals surface area contributed by atoms with Gasteiger partial charge in [0.1, 0.15) is 0 Å². The Labute approximate surface area is 148 Å². The van der Waals surface area contributed by atoms with Gasteiger partial charge in [0.05, 0.1) is 23.8 Å². The minimum atomic E-state index is -0.264. The van der Waals surface area contributed by atoms with Crippen LogP contribution in [0.25, 0.3) is 10.8 Å². The fourth-order valence-corrected chi connectivity index (χ4v) is 2.92. The van der Waals surface area contributed by atoms with Crippen LogP contribution >= 0.6 is 11.6 Å². The first-order valence-corrected chi connectivity index (χ1v) is 8.09. The number of nitrogens with zero attached hydrogens (tertiary/aromatic N) is 4. The van der Waals surface area contributed by atoms with Crippen molar-refractivity contribution in [3.8, 4) is 0 Å². The van der Waals surface area contributed by atoms with Gasteiger partial charge < -0.3 is 0 Å². The summed E-state index contributed by atoms with van der Waals surface area (Å²) in [7, 11) is 0. The fourth-order valence-electron chi connectivity index (χ4n) is 2.72. The molecule has 2 aromatic carbocycles. The zero-order valence-corrected chi connectivity index (χ0v) is 13.9. The molecule has 4 rings (SSSR count).